The predicted molar refractivity (Wildman–Crippen MR) is 57.5 cm³/mol. The summed E-state index contributed by atoms with van der Waals surface area (Å²) in [5.41, 5.74) is 1.42. The Labute approximate surface area is 90.7 Å². The molecular weight excluding hydrogens is 188 g/mol. The van der Waals surface area contributed by atoms with E-state index in [9.17, 15) is 4.79 Å². The zero-order valence-electron chi connectivity index (χ0n) is 10.3. The molecule has 2 aliphatic carbocycles. The highest BCUT2D eigenvalue weighted by Gasteiger charge is 2.96. The third-order valence-electron chi connectivity index (χ3n) is 6.29. The number of carbonyl (C=O) groups is 1. The van der Waals surface area contributed by atoms with E-state index in [4.69, 9.17) is 4.74 Å². The summed E-state index contributed by atoms with van der Waals surface area (Å²) in [7, 11) is 0. The first-order chi connectivity index (χ1) is 6.68. The van der Waals surface area contributed by atoms with Crippen molar-refractivity contribution in [1.29, 1.82) is 0 Å². The lowest BCUT2D eigenvalue weighted by Gasteiger charge is -2.56. The third kappa shape index (κ3) is 0.490. The highest BCUT2D eigenvalue weighted by atomic mass is 16.6. The van der Waals surface area contributed by atoms with E-state index in [0.29, 0.717) is 5.78 Å². The minimum absolute atomic E-state index is 0.0874. The first-order valence-electron chi connectivity index (χ1n) is 5.61. The number of Topliss-reactive ketones (excluding diaryl/α,β-unsaturated/α-hetero) is 1. The van der Waals surface area contributed by atoms with Crippen LogP contribution < -0.4 is 0 Å². The van der Waals surface area contributed by atoms with Crippen LogP contribution in [0.2, 0.25) is 0 Å². The summed E-state index contributed by atoms with van der Waals surface area (Å²) in [5, 5.41) is 0. The van der Waals surface area contributed by atoms with Crippen LogP contribution in [0.15, 0.2) is 11.1 Å². The van der Waals surface area contributed by atoms with Crippen molar-refractivity contribution in [2.75, 3.05) is 0 Å². The fourth-order valence-electron chi connectivity index (χ4n) is 4.53. The summed E-state index contributed by atoms with van der Waals surface area (Å²) in [6.45, 7) is 12.5. The van der Waals surface area contributed by atoms with Crippen LogP contribution in [0.25, 0.3) is 0 Å². The Kier molecular flexibility index (Phi) is 1.17. The summed E-state index contributed by atoms with van der Waals surface area (Å²) < 4.78 is 5.91. The molecule has 2 heteroatoms. The maximum Gasteiger partial charge on any atom is 0.168 e. The van der Waals surface area contributed by atoms with E-state index in [2.05, 4.69) is 34.6 Å². The van der Waals surface area contributed by atoms with Crippen molar-refractivity contribution in [3.8, 4) is 0 Å². The highest BCUT2D eigenvalue weighted by molar-refractivity contribution is 6.08. The first kappa shape index (κ1) is 9.59. The maximum atomic E-state index is 12.4. The molecule has 0 amide bonds. The van der Waals surface area contributed by atoms with Crippen LogP contribution in [0, 0.1) is 10.8 Å². The molecule has 0 unspecified atom stereocenters. The summed E-state index contributed by atoms with van der Waals surface area (Å²) >= 11 is 0. The van der Waals surface area contributed by atoms with Gasteiger partial charge in [0.1, 0.15) is 11.2 Å². The largest absolute Gasteiger partial charge is 0.361 e. The van der Waals surface area contributed by atoms with Crippen LogP contribution in [-0.4, -0.2) is 17.0 Å². The van der Waals surface area contributed by atoms with Crippen LogP contribution in [0.3, 0.4) is 0 Å². The highest BCUT2D eigenvalue weighted by Crippen LogP contribution is 2.86. The number of hydrogen-bond donors (Lipinski definition) is 0. The average Bonchev–Trinajstić information content (AvgIpc) is 2.71. The van der Waals surface area contributed by atoms with E-state index in [1.165, 1.54) is 5.57 Å². The Bertz CT molecular complexity index is 449. The maximum absolute atomic E-state index is 12.4. The van der Waals surface area contributed by atoms with Crippen LogP contribution in [0.4, 0.5) is 0 Å². The Morgan fingerprint density at radius 3 is 1.87 bits per heavy atom. The second-order valence-corrected chi connectivity index (χ2v) is 6.00. The standard InChI is InChI=1S/C13H18O2/c1-7-8(2)10(3)11(4,9(7)14)13(6)12(10,5)15-13/h1-6H3/t10-,11-,12-,13-/m0/s1. The van der Waals surface area contributed by atoms with E-state index < -0.39 is 0 Å². The van der Waals surface area contributed by atoms with Gasteiger partial charge in [-0.3, -0.25) is 4.79 Å². The molecule has 0 aromatic carbocycles. The van der Waals surface area contributed by atoms with Gasteiger partial charge in [0.2, 0.25) is 0 Å². The Morgan fingerprint density at radius 2 is 1.40 bits per heavy atom. The lowest BCUT2D eigenvalue weighted by Crippen LogP contribution is -2.68. The van der Waals surface area contributed by atoms with Gasteiger partial charge in [-0.15, -0.1) is 0 Å². The van der Waals surface area contributed by atoms with Crippen LogP contribution in [0.1, 0.15) is 41.5 Å². The van der Waals surface area contributed by atoms with Crippen LogP contribution in [0.5, 0.6) is 0 Å². The second-order valence-electron chi connectivity index (χ2n) is 6.00. The summed E-state index contributed by atoms with van der Waals surface area (Å²) in [5.74, 6) is 0.292. The molecule has 0 spiro atoms. The van der Waals surface area contributed by atoms with Gasteiger partial charge in [0.25, 0.3) is 0 Å². The zero-order valence-corrected chi connectivity index (χ0v) is 10.3. The molecule has 4 atom stereocenters. The first-order valence-corrected chi connectivity index (χ1v) is 5.61. The minimum Gasteiger partial charge on any atom is -0.361 e. The topological polar surface area (TPSA) is 29.6 Å². The van der Waals surface area contributed by atoms with Gasteiger partial charge >= 0.3 is 0 Å². The van der Waals surface area contributed by atoms with E-state index in [1.54, 1.807) is 0 Å². The van der Waals surface area contributed by atoms with Gasteiger partial charge in [-0.1, -0.05) is 12.5 Å². The minimum atomic E-state index is -0.330. The molecule has 0 aromatic rings. The van der Waals surface area contributed by atoms with E-state index in [-0.39, 0.29) is 22.0 Å². The molecule has 1 heterocycles. The van der Waals surface area contributed by atoms with Crippen molar-refractivity contribution in [2.45, 2.75) is 52.7 Å². The third-order valence-corrected chi connectivity index (χ3v) is 6.29. The van der Waals surface area contributed by atoms with Gasteiger partial charge in [-0.2, -0.15) is 0 Å². The Hall–Kier alpha value is -0.630. The van der Waals surface area contributed by atoms with Crippen molar-refractivity contribution in [3.05, 3.63) is 11.1 Å². The van der Waals surface area contributed by atoms with Crippen LogP contribution in [-0.2, 0) is 9.53 Å². The number of ketones is 1. The van der Waals surface area contributed by atoms with Gasteiger partial charge in [0.05, 0.1) is 5.41 Å². The second kappa shape index (κ2) is 1.84. The van der Waals surface area contributed by atoms with Crippen molar-refractivity contribution in [3.63, 3.8) is 0 Å². The molecule has 0 N–H and O–H groups in total. The average molecular weight is 206 g/mol. The van der Waals surface area contributed by atoms with Crippen molar-refractivity contribution in [2.24, 2.45) is 10.8 Å². The summed E-state index contributed by atoms with van der Waals surface area (Å²) in [6.07, 6.45) is 0. The fourth-order valence-corrected chi connectivity index (χ4v) is 4.53. The number of fused-ring (bicyclic) bond motifs is 4. The van der Waals surface area contributed by atoms with Gasteiger partial charge in [-0.05, 0) is 40.2 Å². The van der Waals surface area contributed by atoms with E-state index in [1.807, 2.05) is 6.92 Å². The Morgan fingerprint density at radius 1 is 0.933 bits per heavy atom. The molecule has 3 rings (SSSR count). The number of hydrogen-bond acceptors (Lipinski definition) is 2. The lowest BCUT2D eigenvalue weighted by molar-refractivity contribution is -0.140. The molecule has 2 nitrogen and oxygen atoms in total. The van der Waals surface area contributed by atoms with Crippen molar-refractivity contribution >= 4 is 5.78 Å². The van der Waals surface area contributed by atoms with Crippen molar-refractivity contribution in [1.82, 2.24) is 0 Å². The fraction of sp³-hybridized carbons (Fsp3) is 0.769. The number of epoxide rings is 1. The molecule has 0 bridgehead atoms. The number of ether oxygens (including phenoxy) is 1. The monoisotopic (exact) mass is 206 g/mol. The van der Waals surface area contributed by atoms with Crippen molar-refractivity contribution < 1.29 is 9.53 Å². The summed E-state index contributed by atoms with van der Waals surface area (Å²) in [6, 6.07) is 0. The molecule has 1 saturated carbocycles. The number of rotatable bonds is 0. The Balaban J connectivity index is 2.29. The normalized spacial score (nSPS) is 61.3. The molecule has 1 aliphatic heterocycles. The van der Waals surface area contributed by atoms with Gasteiger partial charge in [-0.25, -0.2) is 0 Å². The molecular formula is C13H18O2. The van der Waals surface area contributed by atoms with Gasteiger partial charge in [0, 0.05) is 5.41 Å². The molecule has 82 valence electrons. The number of carbonyl (C=O) groups excluding carboxylic acids is 1. The predicted octanol–water partition coefficient (Wildman–Crippen LogP) is 2.48. The van der Waals surface area contributed by atoms with Gasteiger partial charge in [0.15, 0.2) is 5.78 Å². The zero-order chi connectivity index (χ0) is 11.4. The van der Waals surface area contributed by atoms with E-state index >= 15 is 0 Å². The van der Waals surface area contributed by atoms with Crippen LogP contribution >= 0.6 is 0 Å². The number of allylic oxidation sites excluding steroid dienone is 1. The SMILES string of the molecule is CC1=C(C)[C@]2(C)[C@]3(C)O[C@@]3(C)[C@@]2(C)C1=O. The molecule has 1 saturated heterocycles. The molecule has 3 aliphatic rings. The molecule has 0 aromatic heterocycles. The summed E-state index contributed by atoms with van der Waals surface area (Å²) in [4.78, 5) is 12.4. The smallest absolute Gasteiger partial charge is 0.168 e. The molecule has 0 radical (unpaired) electrons. The van der Waals surface area contributed by atoms with E-state index in [0.717, 1.165) is 5.57 Å². The molecule has 15 heavy (non-hydrogen) atoms. The molecule has 2 fully saturated rings. The van der Waals surface area contributed by atoms with Gasteiger partial charge < -0.3 is 4.74 Å². The quantitative estimate of drug-likeness (QED) is 0.570. The lowest BCUT2D eigenvalue weighted by atomic mass is 9.40.